The summed E-state index contributed by atoms with van der Waals surface area (Å²) in [5.74, 6) is 1.53. The number of hydrogen-bond acceptors (Lipinski definition) is 5. The summed E-state index contributed by atoms with van der Waals surface area (Å²) in [5.41, 5.74) is 1.06. The average molecular weight is 360 g/mol. The van der Waals surface area contributed by atoms with Gasteiger partial charge in [-0.15, -0.1) is 0 Å². The van der Waals surface area contributed by atoms with Crippen LogP contribution in [0.4, 0.5) is 0 Å². The molecule has 1 unspecified atom stereocenters. The first-order valence-corrected chi connectivity index (χ1v) is 7.87. The Morgan fingerprint density at radius 2 is 2.00 bits per heavy atom. The fourth-order valence-electron chi connectivity index (χ4n) is 2.49. The molecule has 1 atom stereocenters. The van der Waals surface area contributed by atoms with Gasteiger partial charge in [0, 0.05) is 18.0 Å². The minimum Gasteiger partial charge on any atom is -0.495 e. The standard InChI is InChI=1S/C15H22BrNO4/c1-4-17-11(9-13-20-7-8-21-13)10-5-6-12(18-2)14(16)15(10)19-3/h5-6,11,13,17H,4,7-9H2,1-3H3. The number of nitrogens with one attached hydrogen (secondary N) is 1. The molecule has 0 aliphatic carbocycles. The third-order valence-corrected chi connectivity index (χ3v) is 4.21. The molecule has 1 N–H and O–H groups in total. The fraction of sp³-hybridized carbons (Fsp3) is 0.600. The minimum absolute atomic E-state index is 0.0928. The molecule has 0 spiro atoms. The van der Waals surface area contributed by atoms with E-state index in [1.54, 1.807) is 14.2 Å². The van der Waals surface area contributed by atoms with Crippen LogP contribution in [0.1, 0.15) is 24.9 Å². The molecule has 2 rings (SSSR count). The molecule has 1 saturated heterocycles. The maximum absolute atomic E-state index is 5.56. The van der Waals surface area contributed by atoms with Crippen LogP contribution in [0, 0.1) is 0 Å². The molecule has 118 valence electrons. The molecular weight excluding hydrogens is 338 g/mol. The zero-order chi connectivity index (χ0) is 15.2. The second kappa shape index (κ2) is 7.98. The van der Waals surface area contributed by atoms with Crippen molar-refractivity contribution in [1.82, 2.24) is 5.32 Å². The molecule has 0 saturated carbocycles. The Hall–Kier alpha value is -0.820. The number of rotatable bonds is 7. The molecule has 21 heavy (non-hydrogen) atoms. The highest BCUT2D eigenvalue weighted by molar-refractivity contribution is 9.10. The third kappa shape index (κ3) is 3.88. The van der Waals surface area contributed by atoms with Crippen molar-refractivity contribution in [1.29, 1.82) is 0 Å². The number of benzene rings is 1. The van der Waals surface area contributed by atoms with Crippen molar-refractivity contribution in [2.75, 3.05) is 34.0 Å². The zero-order valence-electron chi connectivity index (χ0n) is 12.6. The van der Waals surface area contributed by atoms with E-state index in [4.69, 9.17) is 18.9 Å². The molecule has 1 aliphatic heterocycles. The maximum Gasteiger partial charge on any atom is 0.159 e. The molecule has 1 aromatic carbocycles. The van der Waals surface area contributed by atoms with Gasteiger partial charge in [0.1, 0.15) is 16.0 Å². The molecule has 1 aromatic rings. The second-order valence-corrected chi connectivity index (χ2v) is 5.51. The molecule has 0 bridgehead atoms. The maximum atomic E-state index is 5.56. The molecule has 0 aromatic heterocycles. The Labute approximate surface area is 134 Å². The van der Waals surface area contributed by atoms with Crippen molar-refractivity contribution < 1.29 is 18.9 Å². The van der Waals surface area contributed by atoms with Crippen molar-refractivity contribution in [3.63, 3.8) is 0 Å². The summed E-state index contributed by atoms with van der Waals surface area (Å²) in [7, 11) is 3.30. The normalized spacial score (nSPS) is 17.0. The van der Waals surface area contributed by atoms with Gasteiger partial charge < -0.3 is 24.3 Å². The summed E-state index contributed by atoms with van der Waals surface area (Å²) in [6.45, 7) is 4.25. The van der Waals surface area contributed by atoms with Crippen LogP contribution in [0.3, 0.4) is 0 Å². The van der Waals surface area contributed by atoms with Crippen LogP contribution < -0.4 is 14.8 Å². The van der Waals surface area contributed by atoms with Crippen LogP contribution in [0.5, 0.6) is 11.5 Å². The van der Waals surface area contributed by atoms with Gasteiger partial charge >= 0.3 is 0 Å². The predicted octanol–water partition coefficient (Wildman–Crippen LogP) is 2.88. The molecule has 1 fully saturated rings. The molecule has 0 amide bonds. The highest BCUT2D eigenvalue weighted by atomic mass is 79.9. The van der Waals surface area contributed by atoms with Gasteiger partial charge in [0.15, 0.2) is 6.29 Å². The predicted molar refractivity (Wildman–Crippen MR) is 84.0 cm³/mol. The highest BCUT2D eigenvalue weighted by Crippen LogP contribution is 2.40. The van der Waals surface area contributed by atoms with E-state index >= 15 is 0 Å². The Kier molecular flexibility index (Phi) is 6.29. The smallest absolute Gasteiger partial charge is 0.159 e. The van der Waals surface area contributed by atoms with Gasteiger partial charge in [-0.3, -0.25) is 0 Å². The van der Waals surface area contributed by atoms with Gasteiger partial charge in [-0.1, -0.05) is 6.92 Å². The van der Waals surface area contributed by atoms with Crippen molar-refractivity contribution in [2.45, 2.75) is 25.7 Å². The van der Waals surface area contributed by atoms with Gasteiger partial charge in [0.25, 0.3) is 0 Å². The topological polar surface area (TPSA) is 49.0 Å². The summed E-state index contributed by atoms with van der Waals surface area (Å²) >= 11 is 3.54. The molecule has 6 heteroatoms. The quantitative estimate of drug-likeness (QED) is 0.810. The van der Waals surface area contributed by atoms with Gasteiger partial charge in [-0.05, 0) is 34.6 Å². The van der Waals surface area contributed by atoms with E-state index in [2.05, 4.69) is 28.2 Å². The summed E-state index contributed by atoms with van der Waals surface area (Å²) in [6, 6.07) is 4.04. The minimum atomic E-state index is -0.167. The van der Waals surface area contributed by atoms with E-state index in [0.717, 1.165) is 34.5 Å². The Bertz CT molecular complexity index is 463. The Morgan fingerprint density at radius 3 is 2.57 bits per heavy atom. The van der Waals surface area contributed by atoms with Crippen LogP contribution in [-0.4, -0.2) is 40.3 Å². The van der Waals surface area contributed by atoms with E-state index in [-0.39, 0.29) is 12.3 Å². The number of methoxy groups -OCH3 is 2. The summed E-state index contributed by atoms with van der Waals surface area (Å²) in [6.07, 6.45) is 0.572. The summed E-state index contributed by atoms with van der Waals surface area (Å²) < 4.78 is 22.8. The molecule has 5 nitrogen and oxygen atoms in total. The van der Waals surface area contributed by atoms with Gasteiger partial charge in [0.05, 0.1) is 27.4 Å². The van der Waals surface area contributed by atoms with E-state index in [0.29, 0.717) is 13.2 Å². The summed E-state index contributed by atoms with van der Waals surface area (Å²) in [4.78, 5) is 0. The zero-order valence-corrected chi connectivity index (χ0v) is 14.2. The van der Waals surface area contributed by atoms with Crippen molar-refractivity contribution in [2.24, 2.45) is 0 Å². The van der Waals surface area contributed by atoms with Crippen molar-refractivity contribution >= 4 is 15.9 Å². The van der Waals surface area contributed by atoms with E-state index < -0.39 is 0 Å². The van der Waals surface area contributed by atoms with Crippen LogP contribution >= 0.6 is 15.9 Å². The highest BCUT2D eigenvalue weighted by Gasteiger charge is 2.25. The fourth-order valence-corrected chi connectivity index (χ4v) is 3.18. The third-order valence-electron chi connectivity index (χ3n) is 3.46. The Morgan fingerprint density at radius 1 is 1.29 bits per heavy atom. The first-order valence-electron chi connectivity index (χ1n) is 7.08. The van der Waals surface area contributed by atoms with Crippen LogP contribution in [-0.2, 0) is 9.47 Å². The second-order valence-electron chi connectivity index (χ2n) is 4.72. The number of hydrogen-bond donors (Lipinski definition) is 1. The van der Waals surface area contributed by atoms with Gasteiger partial charge in [0.2, 0.25) is 0 Å². The molecule has 1 heterocycles. The van der Waals surface area contributed by atoms with Crippen LogP contribution in [0.2, 0.25) is 0 Å². The molecular formula is C15H22BrNO4. The largest absolute Gasteiger partial charge is 0.495 e. The van der Waals surface area contributed by atoms with E-state index in [1.807, 2.05) is 12.1 Å². The lowest BCUT2D eigenvalue weighted by molar-refractivity contribution is -0.0530. The van der Waals surface area contributed by atoms with Crippen molar-refractivity contribution in [3.05, 3.63) is 22.2 Å². The van der Waals surface area contributed by atoms with Crippen LogP contribution in [0.25, 0.3) is 0 Å². The summed E-state index contributed by atoms with van der Waals surface area (Å²) in [5, 5.41) is 3.46. The average Bonchev–Trinajstić information content (AvgIpc) is 2.99. The van der Waals surface area contributed by atoms with Gasteiger partial charge in [-0.2, -0.15) is 0 Å². The van der Waals surface area contributed by atoms with E-state index in [1.165, 1.54) is 0 Å². The lowest BCUT2D eigenvalue weighted by Gasteiger charge is -2.24. The molecule has 0 radical (unpaired) electrons. The Balaban J connectivity index is 2.27. The van der Waals surface area contributed by atoms with Crippen LogP contribution in [0.15, 0.2) is 16.6 Å². The molecule has 1 aliphatic rings. The first-order chi connectivity index (χ1) is 10.2. The SMILES string of the molecule is CCNC(CC1OCCO1)c1ccc(OC)c(Br)c1OC. The number of ether oxygens (including phenoxy) is 4. The van der Waals surface area contributed by atoms with E-state index in [9.17, 15) is 0 Å². The first kappa shape index (κ1) is 16.5. The lowest BCUT2D eigenvalue weighted by atomic mass is 10.0. The monoisotopic (exact) mass is 359 g/mol. The number of halogens is 1. The van der Waals surface area contributed by atoms with Gasteiger partial charge in [-0.25, -0.2) is 0 Å². The van der Waals surface area contributed by atoms with Crippen molar-refractivity contribution in [3.8, 4) is 11.5 Å². The lowest BCUT2D eigenvalue weighted by Crippen LogP contribution is -2.26.